The van der Waals surface area contributed by atoms with Gasteiger partial charge < -0.3 is 11.5 Å². The number of carbonyl (C=O) groups is 1. The standard InChI is InChI=1S/C12H9ClN4OS3/c1-19-10-6-7(14)9(21-11(6)17-12(15)16-10)8(18)4-2-3-5(13)20-4/h2-3H,14H2,1H3,(H2,15,16,17). The summed E-state index contributed by atoms with van der Waals surface area (Å²) >= 11 is 9.74. The van der Waals surface area contributed by atoms with Crippen LogP contribution in [0.2, 0.25) is 4.34 Å². The number of aromatic nitrogens is 2. The first-order chi connectivity index (χ1) is 10.0. The molecule has 3 aromatic heterocycles. The molecular weight excluding hydrogens is 348 g/mol. The summed E-state index contributed by atoms with van der Waals surface area (Å²) in [6.45, 7) is 0. The van der Waals surface area contributed by atoms with Crippen LogP contribution in [0.4, 0.5) is 11.6 Å². The highest BCUT2D eigenvalue weighted by molar-refractivity contribution is 7.98. The maximum absolute atomic E-state index is 12.5. The minimum atomic E-state index is -0.155. The molecule has 0 aliphatic rings. The number of thioether (sulfide) groups is 1. The summed E-state index contributed by atoms with van der Waals surface area (Å²) in [7, 11) is 0. The average Bonchev–Trinajstić information content (AvgIpc) is 3.01. The fraction of sp³-hybridized carbons (Fsp3) is 0.0833. The molecule has 0 radical (unpaired) electrons. The molecule has 0 aliphatic carbocycles. The molecule has 4 N–H and O–H groups in total. The van der Waals surface area contributed by atoms with E-state index in [4.69, 9.17) is 23.1 Å². The molecule has 0 spiro atoms. The maximum atomic E-state index is 12.5. The number of nitrogens with two attached hydrogens (primary N) is 2. The molecule has 0 unspecified atom stereocenters. The summed E-state index contributed by atoms with van der Waals surface area (Å²) < 4.78 is 0.562. The summed E-state index contributed by atoms with van der Waals surface area (Å²) in [5, 5.41) is 1.36. The SMILES string of the molecule is CSc1nc(N)nc2sc(C(=O)c3ccc(Cl)s3)c(N)c12. The first kappa shape index (κ1) is 14.6. The fourth-order valence-corrected chi connectivity index (χ4v) is 4.64. The number of fused-ring (bicyclic) bond motifs is 1. The molecule has 3 aromatic rings. The Morgan fingerprint density at radius 2 is 2.05 bits per heavy atom. The van der Waals surface area contributed by atoms with Gasteiger partial charge in [0.1, 0.15) is 14.7 Å². The van der Waals surface area contributed by atoms with Crippen LogP contribution in [0.15, 0.2) is 17.2 Å². The molecule has 3 heterocycles. The Balaban J connectivity index is 2.20. The van der Waals surface area contributed by atoms with Crippen molar-refractivity contribution in [3.05, 3.63) is 26.2 Å². The van der Waals surface area contributed by atoms with Crippen LogP contribution < -0.4 is 11.5 Å². The van der Waals surface area contributed by atoms with Crippen molar-refractivity contribution < 1.29 is 4.79 Å². The lowest BCUT2D eigenvalue weighted by atomic mass is 10.2. The van der Waals surface area contributed by atoms with E-state index < -0.39 is 0 Å². The van der Waals surface area contributed by atoms with Gasteiger partial charge >= 0.3 is 0 Å². The van der Waals surface area contributed by atoms with Crippen LogP contribution in [0.1, 0.15) is 14.5 Å². The summed E-state index contributed by atoms with van der Waals surface area (Å²) in [6.07, 6.45) is 1.87. The van der Waals surface area contributed by atoms with E-state index in [1.54, 1.807) is 12.1 Å². The third-order valence-corrected chi connectivity index (χ3v) is 5.78. The first-order valence-corrected chi connectivity index (χ1v) is 8.94. The van der Waals surface area contributed by atoms with Gasteiger partial charge in [0.25, 0.3) is 0 Å². The van der Waals surface area contributed by atoms with Crippen LogP contribution in [0.3, 0.4) is 0 Å². The van der Waals surface area contributed by atoms with Gasteiger partial charge in [-0.25, -0.2) is 9.97 Å². The first-order valence-electron chi connectivity index (χ1n) is 5.70. The summed E-state index contributed by atoms with van der Waals surface area (Å²) in [4.78, 5) is 22.5. The molecule has 3 rings (SSSR count). The van der Waals surface area contributed by atoms with Crippen molar-refractivity contribution in [1.29, 1.82) is 0 Å². The monoisotopic (exact) mass is 356 g/mol. The van der Waals surface area contributed by atoms with Gasteiger partial charge in [0.2, 0.25) is 11.7 Å². The highest BCUT2D eigenvalue weighted by Crippen LogP contribution is 2.39. The third kappa shape index (κ3) is 2.48. The van der Waals surface area contributed by atoms with E-state index in [-0.39, 0.29) is 11.7 Å². The summed E-state index contributed by atoms with van der Waals surface area (Å²) in [5.41, 5.74) is 12.2. The molecule has 0 bridgehead atoms. The van der Waals surface area contributed by atoms with Crippen molar-refractivity contribution in [3.8, 4) is 0 Å². The average molecular weight is 357 g/mol. The van der Waals surface area contributed by atoms with Crippen molar-refractivity contribution >= 4 is 73.7 Å². The molecule has 108 valence electrons. The van der Waals surface area contributed by atoms with Crippen molar-refractivity contribution in [2.75, 3.05) is 17.7 Å². The van der Waals surface area contributed by atoms with Crippen LogP contribution in [-0.2, 0) is 0 Å². The molecule has 0 saturated carbocycles. The molecule has 0 aliphatic heterocycles. The Hall–Kier alpha value is -1.35. The number of ketones is 1. The molecule has 9 heteroatoms. The van der Waals surface area contributed by atoms with Gasteiger partial charge in [0.15, 0.2) is 0 Å². The van der Waals surface area contributed by atoms with Crippen molar-refractivity contribution in [2.45, 2.75) is 5.03 Å². The number of hydrogen-bond donors (Lipinski definition) is 2. The second-order valence-corrected chi connectivity index (χ2v) is 7.56. The van der Waals surface area contributed by atoms with Crippen LogP contribution in [0.5, 0.6) is 0 Å². The van der Waals surface area contributed by atoms with Gasteiger partial charge in [0.05, 0.1) is 20.3 Å². The van der Waals surface area contributed by atoms with Gasteiger partial charge in [0, 0.05) is 0 Å². The van der Waals surface area contributed by atoms with E-state index in [9.17, 15) is 4.79 Å². The van der Waals surface area contributed by atoms with E-state index in [1.807, 2.05) is 6.26 Å². The lowest BCUT2D eigenvalue weighted by Gasteiger charge is -2.01. The molecule has 0 amide bonds. The number of nitrogen functional groups attached to an aromatic ring is 2. The Labute approximate surface area is 137 Å². The lowest BCUT2D eigenvalue weighted by Crippen LogP contribution is -2.00. The Morgan fingerprint density at radius 1 is 1.29 bits per heavy atom. The molecule has 0 aromatic carbocycles. The van der Waals surface area contributed by atoms with E-state index in [2.05, 4.69) is 9.97 Å². The normalized spacial score (nSPS) is 11.1. The van der Waals surface area contributed by atoms with Crippen LogP contribution in [0.25, 0.3) is 10.2 Å². The molecule has 21 heavy (non-hydrogen) atoms. The molecular formula is C12H9ClN4OS3. The molecule has 0 saturated heterocycles. The zero-order valence-electron chi connectivity index (χ0n) is 10.7. The Kier molecular flexibility index (Phi) is 3.78. The van der Waals surface area contributed by atoms with E-state index >= 15 is 0 Å². The number of carbonyl (C=O) groups excluding carboxylic acids is 1. The number of halogens is 1. The number of nitrogens with zero attached hydrogens (tertiary/aromatic N) is 2. The Bertz CT molecular complexity index is 858. The van der Waals surface area contributed by atoms with E-state index in [0.717, 1.165) is 0 Å². The van der Waals surface area contributed by atoms with Crippen molar-refractivity contribution in [2.24, 2.45) is 0 Å². The van der Waals surface area contributed by atoms with Gasteiger partial charge in [-0.3, -0.25) is 4.79 Å². The van der Waals surface area contributed by atoms with Crippen LogP contribution in [-0.4, -0.2) is 22.0 Å². The van der Waals surface area contributed by atoms with E-state index in [1.165, 1.54) is 34.4 Å². The van der Waals surface area contributed by atoms with Crippen molar-refractivity contribution in [3.63, 3.8) is 0 Å². The van der Waals surface area contributed by atoms with Gasteiger partial charge in [-0.1, -0.05) is 11.6 Å². The smallest absolute Gasteiger partial charge is 0.222 e. The second-order valence-electron chi connectivity index (χ2n) is 4.05. The minimum Gasteiger partial charge on any atom is -0.397 e. The van der Waals surface area contributed by atoms with Gasteiger partial charge in [-0.15, -0.1) is 34.4 Å². The zero-order chi connectivity index (χ0) is 15.1. The van der Waals surface area contributed by atoms with Crippen LogP contribution in [0, 0.1) is 0 Å². The maximum Gasteiger partial charge on any atom is 0.222 e. The van der Waals surface area contributed by atoms with Gasteiger partial charge in [-0.05, 0) is 18.4 Å². The number of anilines is 2. The predicted molar refractivity (Wildman–Crippen MR) is 90.8 cm³/mol. The lowest BCUT2D eigenvalue weighted by molar-refractivity contribution is 0.104. The number of hydrogen-bond acceptors (Lipinski definition) is 8. The highest BCUT2D eigenvalue weighted by Gasteiger charge is 2.22. The van der Waals surface area contributed by atoms with Crippen LogP contribution >= 0.6 is 46.0 Å². The minimum absolute atomic E-state index is 0.155. The Morgan fingerprint density at radius 3 is 2.67 bits per heavy atom. The second kappa shape index (κ2) is 5.45. The molecule has 0 atom stereocenters. The zero-order valence-corrected chi connectivity index (χ0v) is 13.9. The highest BCUT2D eigenvalue weighted by atomic mass is 35.5. The van der Waals surface area contributed by atoms with Gasteiger partial charge in [-0.2, -0.15) is 0 Å². The van der Waals surface area contributed by atoms with E-state index in [0.29, 0.717) is 35.0 Å². The summed E-state index contributed by atoms with van der Waals surface area (Å²) in [5.74, 6) is 0.0179. The fourth-order valence-electron chi connectivity index (χ4n) is 1.87. The quantitative estimate of drug-likeness (QED) is 0.423. The number of rotatable bonds is 3. The molecule has 5 nitrogen and oxygen atoms in total. The predicted octanol–water partition coefficient (Wildman–Crippen LogP) is 3.52. The topological polar surface area (TPSA) is 94.9 Å². The summed E-state index contributed by atoms with van der Waals surface area (Å²) in [6, 6.07) is 3.38. The third-order valence-electron chi connectivity index (χ3n) is 2.77. The van der Waals surface area contributed by atoms with Crippen molar-refractivity contribution in [1.82, 2.24) is 9.97 Å². The molecule has 0 fully saturated rings. The largest absolute Gasteiger partial charge is 0.397 e. The number of thiophene rings is 2.